The van der Waals surface area contributed by atoms with Crippen molar-refractivity contribution < 1.29 is 23.7 Å². The van der Waals surface area contributed by atoms with E-state index in [2.05, 4.69) is 4.99 Å². The number of carbonyl (C=O) groups excluding carboxylic acids is 1. The highest BCUT2D eigenvalue weighted by atomic mass is 32.1. The molecule has 0 N–H and O–H groups in total. The fraction of sp³-hybridized carbons (Fsp3) is 0.269. The molecule has 0 amide bonds. The van der Waals surface area contributed by atoms with Gasteiger partial charge >= 0.3 is 5.97 Å². The summed E-state index contributed by atoms with van der Waals surface area (Å²) in [7, 11) is 0. The monoisotopic (exact) mass is 492 g/mol. The van der Waals surface area contributed by atoms with Crippen molar-refractivity contribution in [2.75, 3.05) is 20.0 Å². The summed E-state index contributed by atoms with van der Waals surface area (Å²) in [5.74, 6) is 1.54. The number of nitrogens with zero attached hydrogens (tertiary/aromatic N) is 2. The van der Waals surface area contributed by atoms with Gasteiger partial charge in [-0.3, -0.25) is 9.36 Å². The minimum Gasteiger partial charge on any atom is -0.494 e. The molecule has 8 nitrogen and oxygen atoms in total. The third-order valence-corrected chi connectivity index (χ3v) is 6.70. The van der Waals surface area contributed by atoms with Crippen molar-refractivity contribution in [1.82, 2.24) is 4.57 Å². The molecule has 180 valence electrons. The molecule has 2 aliphatic rings. The third kappa shape index (κ3) is 4.23. The summed E-state index contributed by atoms with van der Waals surface area (Å²) in [4.78, 5) is 31.8. The molecule has 0 bridgehead atoms. The number of rotatable bonds is 6. The normalized spacial score (nSPS) is 16.7. The molecule has 1 aromatic heterocycles. The Morgan fingerprint density at radius 3 is 2.66 bits per heavy atom. The standard InChI is InChI=1S/C26H24N2O6S/c1-4-31-18-9-7-17(8-10-18)23-22(25(30)32-5-2)15(3)27-26-28(23)24(29)21(35-26)13-16-6-11-19-20(12-16)34-14-33-19/h6-13,23H,4-5,14H2,1-3H3/b21-13-/t23-/m0/s1. The first kappa shape index (κ1) is 22.9. The summed E-state index contributed by atoms with van der Waals surface area (Å²) in [6, 6.07) is 12.2. The topological polar surface area (TPSA) is 88.4 Å². The van der Waals surface area contributed by atoms with Crippen molar-refractivity contribution in [1.29, 1.82) is 0 Å². The van der Waals surface area contributed by atoms with Gasteiger partial charge in [0.05, 0.1) is 35.1 Å². The fourth-order valence-electron chi connectivity index (χ4n) is 4.17. The summed E-state index contributed by atoms with van der Waals surface area (Å²) in [6.07, 6.45) is 1.80. The quantitative estimate of drug-likeness (QED) is 0.492. The molecule has 35 heavy (non-hydrogen) atoms. The van der Waals surface area contributed by atoms with E-state index in [4.69, 9.17) is 18.9 Å². The predicted octanol–water partition coefficient (Wildman–Crippen LogP) is 2.93. The van der Waals surface area contributed by atoms with Crippen LogP contribution < -0.4 is 29.1 Å². The number of fused-ring (bicyclic) bond motifs is 2. The number of carbonyl (C=O) groups is 1. The summed E-state index contributed by atoms with van der Waals surface area (Å²) in [5.41, 5.74) is 2.20. The van der Waals surface area contributed by atoms with Crippen LogP contribution >= 0.6 is 11.3 Å². The summed E-state index contributed by atoms with van der Waals surface area (Å²) < 4.78 is 23.8. The zero-order valence-electron chi connectivity index (χ0n) is 19.6. The van der Waals surface area contributed by atoms with Gasteiger partial charge in [-0.15, -0.1) is 0 Å². The van der Waals surface area contributed by atoms with Crippen LogP contribution in [0.2, 0.25) is 0 Å². The van der Waals surface area contributed by atoms with E-state index in [1.165, 1.54) is 11.3 Å². The molecule has 3 heterocycles. The number of hydrogen-bond donors (Lipinski definition) is 0. The van der Waals surface area contributed by atoms with Gasteiger partial charge < -0.3 is 18.9 Å². The lowest BCUT2D eigenvalue weighted by Crippen LogP contribution is -2.39. The van der Waals surface area contributed by atoms with E-state index in [0.29, 0.717) is 44.5 Å². The van der Waals surface area contributed by atoms with Crippen LogP contribution in [0.25, 0.3) is 6.08 Å². The molecular formula is C26H24N2O6S. The van der Waals surface area contributed by atoms with Gasteiger partial charge in [0.15, 0.2) is 16.3 Å². The molecule has 0 aliphatic carbocycles. The van der Waals surface area contributed by atoms with E-state index < -0.39 is 12.0 Å². The molecule has 0 spiro atoms. The Kier molecular flexibility index (Phi) is 6.17. The van der Waals surface area contributed by atoms with E-state index in [0.717, 1.165) is 11.1 Å². The number of allylic oxidation sites excluding steroid dienone is 1. The molecule has 0 saturated heterocycles. The van der Waals surface area contributed by atoms with Crippen LogP contribution in [-0.2, 0) is 9.53 Å². The van der Waals surface area contributed by atoms with Crippen LogP contribution in [-0.4, -0.2) is 30.5 Å². The molecule has 2 aromatic carbocycles. The largest absolute Gasteiger partial charge is 0.494 e. The first-order valence-corrected chi connectivity index (χ1v) is 12.1. The maximum absolute atomic E-state index is 13.7. The highest BCUT2D eigenvalue weighted by Gasteiger charge is 2.33. The first-order chi connectivity index (χ1) is 17.0. The minimum atomic E-state index is -0.667. The second-order valence-corrected chi connectivity index (χ2v) is 8.93. The van der Waals surface area contributed by atoms with Crippen molar-refractivity contribution in [3.8, 4) is 17.2 Å². The Balaban J connectivity index is 1.66. The van der Waals surface area contributed by atoms with Crippen LogP contribution in [0.15, 0.2) is 63.5 Å². The molecule has 2 aliphatic heterocycles. The summed E-state index contributed by atoms with van der Waals surface area (Å²) >= 11 is 1.28. The second-order valence-electron chi connectivity index (χ2n) is 7.92. The number of aromatic nitrogens is 1. The summed E-state index contributed by atoms with van der Waals surface area (Å²) in [6.45, 7) is 6.38. The van der Waals surface area contributed by atoms with E-state index in [1.807, 2.05) is 49.4 Å². The zero-order valence-corrected chi connectivity index (χ0v) is 20.4. The second kappa shape index (κ2) is 9.42. The third-order valence-electron chi connectivity index (χ3n) is 5.72. The zero-order chi connectivity index (χ0) is 24.5. The highest BCUT2D eigenvalue weighted by Crippen LogP contribution is 2.33. The van der Waals surface area contributed by atoms with Crippen LogP contribution in [0, 0.1) is 0 Å². The van der Waals surface area contributed by atoms with Gasteiger partial charge in [-0.25, -0.2) is 9.79 Å². The van der Waals surface area contributed by atoms with Crippen molar-refractivity contribution in [2.45, 2.75) is 26.8 Å². The lowest BCUT2D eigenvalue weighted by Gasteiger charge is -2.24. The Bertz CT molecular complexity index is 1500. The minimum absolute atomic E-state index is 0.180. The average Bonchev–Trinajstić information content (AvgIpc) is 3.43. The molecule has 9 heteroatoms. The molecule has 3 aromatic rings. The van der Waals surface area contributed by atoms with E-state index in [-0.39, 0.29) is 19.0 Å². The Morgan fingerprint density at radius 1 is 1.14 bits per heavy atom. The molecule has 0 unspecified atom stereocenters. The van der Waals surface area contributed by atoms with Crippen molar-refractivity contribution in [2.24, 2.45) is 4.99 Å². The van der Waals surface area contributed by atoms with Crippen LogP contribution in [0.5, 0.6) is 17.2 Å². The van der Waals surface area contributed by atoms with Gasteiger partial charge in [0, 0.05) is 0 Å². The molecule has 1 atom stereocenters. The maximum atomic E-state index is 13.7. The van der Waals surface area contributed by atoms with E-state index in [1.54, 1.807) is 24.5 Å². The molecule has 5 rings (SSSR count). The van der Waals surface area contributed by atoms with E-state index in [9.17, 15) is 9.59 Å². The molecule has 0 radical (unpaired) electrons. The van der Waals surface area contributed by atoms with Gasteiger partial charge in [-0.1, -0.05) is 29.5 Å². The number of ether oxygens (including phenoxy) is 4. The van der Waals surface area contributed by atoms with Gasteiger partial charge in [-0.2, -0.15) is 0 Å². The number of benzene rings is 2. The number of thiazole rings is 1. The number of hydrogen-bond acceptors (Lipinski definition) is 8. The Labute approximate surface area is 205 Å². The maximum Gasteiger partial charge on any atom is 0.338 e. The van der Waals surface area contributed by atoms with Crippen LogP contribution in [0.1, 0.15) is 37.9 Å². The van der Waals surface area contributed by atoms with Crippen molar-refractivity contribution in [3.05, 3.63) is 84.5 Å². The fourth-order valence-corrected chi connectivity index (χ4v) is 5.22. The lowest BCUT2D eigenvalue weighted by atomic mass is 9.96. The first-order valence-electron chi connectivity index (χ1n) is 11.3. The Hall–Kier alpha value is -3.85. The highest BCUT2D eigenvalue weighted by molar-refractivity contribution is 7.07. The van der Waals surface area contributed by atoms with Crippen LogP contribution in [0.3, 0.4) is 0 Å². The Morgan fingerprint density at radius 2 is 1.91 bits per heavy atom. The van der Waals surface area contributed by atoms with Gasteiger partial charge in [0.2, 0.25) is 6.79 Å². The van der Waals surface area contributed by atoms with Gasteiger partial charge in [-0.05, 0) is 62.2 Å². The molecule has 0 saturated carbocycles. The smallest absolute Gasteiger partial charge is 0.338 e. The van der Waals surface area contributed by atoms with Gasteiger partial charge in [0.1, 0.15) is 5.75 Å². The van der Waals surface area contributed by atoms with Crippen LogP contribution in [0.4, 0.5) is 0 Å². The van der Waals surface area contributed by atoms with Crippen molar-refractivity contribution >= 4 is 23.4 Å². The molecule has 0 fully saturated rings. The predicted molar refractivity (Wildman–Crippen MR) is 131 cm³/mol. The number of esters is 1. The summed E-state index contributed by atoms with van der Waals surface area (Å²) in [5, 5.41) is 0. The lowest BCUT2D eigenvalue weighted by molar-refractivity contribution is -0.139. The molecular weight excluding hydrogens is 468 g/mol. The SMILES string of the molecule is CCOC(=O)C1=C(C)N=c2s/c(=C\c3ccc4c(c3)OCO4)c(=O)n2[C@H]1c1ccc(OCC)cc1. The van der Waals surface area contributed by atoms with Gasteiger partial charge in [0.25, 0.3) is 5.56 Å². The van der Waals surface area contributed by atoms with Crippen molar-refractivity contribution in [3.63, 3.8) is 0 Å². The van der Waals surface area contributed by atoms with E-state index >= 15 is 0 Å². The average molecular weight is 493 g/mol.